The second kappa shape index (κ2) is 6.93. The summed E-state index contributed by atoms with van der Waals surface area (Å²) in [6.07, 6.45) is 1.79. The average Bonchev–Trinajstić information content (AvgIpc) is 2.41. The van der Waals surface area contributed by atoms with Crippen LogP contribution in [0.5, 0.6) is 0 Å². The molecule has 0 heterocycles. The van der Waals surface area contributed by atoms with E-state index >= 15 is 0 Å². The molecule has 20 heavy (non-hydrogen) atoms. The van der Waals surface area contributed by atoms with Crippen LogP contribution in [0.3, 0.4) is 0 Å². The molecule has 0 aliphatic rings. The number of halogens is 1. The van der Waals surface area contributed by atoms with Gasteiger partial charge < -0.3 is 0 Å². The standard InChI is InChI=1S/C18H16ClN/c1-14-8-9-17(15(2)11-14)6-4-10-20-13-16-5-3-7-18(19)12-16/h3,5,7-9,11-13H,10H2,1-2H3. The minimum Gasteiger partial charge on any atom is -0.280 e. The SMILES string of the molecule is Cc1ccc(C#CCN=Cc2cccc(Cl)c2)c(C)c1. The van der Waals surface area contributed by atoms with Crippen LogP contribution < -0.4 is 0 Å². The van der Waals surface area contributed by atoms with Crippen LogP contribution in [0.2, 0.25) is 5.02 Å². The van der Waals surface area contributed by atoms with E-state index in [1.807, 2.05) is 24.3 Å². The van der Waals surface area contributed by atoms with Crippen molar-refractivity contribution in [2.45, 2.75) is 13.8 Å². The molecule has 0 saturated heterocycles. The predicted molar refractivity (Wildman–Crippen MR) is 86.7 cm³/mol. The Hall–Kier alpha value is -2.04. The first-order valence-corrected chi connectivity index (χ1v) is 6.84. The molecule has 0 radical (unpaired) electrons. The van der Waals surface area contributed by atoms with Gasteiger partial charge in [0.05, 0.1) is 0 Å². The molecule has 0 saturated carbocycles. The van der Waals surface area contributed by atoms with Crippen molar-refractivity contribution in [1.82, 2.24) is 0 Å². The Kier molecular flexibility index (Phi) is 4.98. The Labute approximate surface area is 125 Å². The molecule has 0 N–H and O–H groups in total. The van der Waals surface area contributed by atoms with E-state index < -0.39 is 0 Å². The largest absolute Gasteiger partial charge is 0.280 e. The van der Waals surface area contributed by atoms with Gasteiger partial charge in [-0.3, -0.25) is 4.99 Å². The summed E-state index contributed by atoms with van der Waals surface area (Å²) in [5.74, 6) is 6.21. The molecule has 0 aliphatic carbocycles. The van der Waals surface area contributed by atoms with Crippen molar-refractivity contribution in [1.29, 1.82) is 0 Å². The van der Waals surface area contributed by atoms with Gasteiger partial charge in [0.2, 0.25) is 0 Å². The maximum Gasteiger partial charge on any atom is 0.100 e. The summed E-state index contributed by atoms with van der Waals surface area (Å²) < 4.78 is 0. The van der Waals surface area contributed by atoms with Gasteiger partial charge in [-0.25, -0.2) is 0 Å². The molecule has 0 aromatic heterocycles. The molecule has 100 valence electrons. The number of hydrogen-bond donors (Lipinski definition) is 0. The lowest BCUT2D eigenvalue weighted by Gasteiger charge is -1.98. The molecule has 2 aromatic rings. The molecule has 0 bridgehead atoms. The van der Waals surface area contributed by atoms with Crippen LogP contribution in [0.15, 0.2) is 47.5 Å². The first-order chi connectivity index (χ1) is 9.65. The maximum absolute atomic E-state index is 5.91. The molecule has 0 atom stereocenters. The molecule has 2 rings (SSSR count). The van der Waals surface area contributed by atoms with Crippen molar-refractivity contribution in [3.05, 3.63) is 69.7 Å². The Morgan fingerprint density at radius 1 is 1.15 bits per heavy atom. The third kappa shape index (κ3) is 4.26. The zero-order valence-corrected chi connectivity index (χ0v) is 12.4. The van der Waals surface area contributed by atoms with Crippen LogP contribution in [0.4, 0.5) is 0 Å². The first kappa shape index (κ1) is 14.4. The number of benzene rings is 2. The molecule has 2 aromatic carbocycles. The molecule has 1 nitrogen and oxygen atoms in total. The molecule has 0 unspecified atom stereocenters. The Bertz CT molecular complexity index is 690. The zero-order chi connectivity index (χ0) is 14.4. The van der Waals surface area contributed by atoms with Crippen LogP contribution in [0, 0.1) is 25.7 Å². The summed E-state index contributed by atoms with van der Waals surface area (Å²) in [7, 11) is 0. The topological polar surface area (TPSA) is 12.4 Å². The third-order valence-electron chi connectivity index (χ3n) is 2.86. The van der Waals surface area contributed by atoms with Gasteiger partial charge >= 0.3 is 0 Å². The van der Waals surface area contributed by atoms with E-state index in [1.165, 1.54) is 11.1 Å². The van der Waals surface area contributed by atoms with Crippen LogP contribution >= 0.6 is 11.6 Å². The fourth-order valence-corrected chi connectivity index (χ4v) is 2.07. The van der Waals surface area contributed by atoms with Crippen molar-refractivity contribution in [2.24, 2.45) is 4.99 Å². The van der Waals surface area contributed by atoms with E-state index in [4.69, 9.17) is 11.6 Å². The Balaban J connectivity index is 1.98. The number of rotatable bonds is 2. The number of aryl methyl sites for hydroxylation is 2. The van der Waals surface area contributed by atoms with E-state index in [0.717, 1.165) is 16.1 Å². The second-order valence-electron chi connectivity index (χ2n) is 4.64. The van der Waals surface area contributed by atoms with Crippen molar-refractivity contribution in [3.63, 3.8) is 0 Å². The molecular weight excluding hydrogens is 266 g/mol. The van der Waals surface area contributed by atoms with Gasteiger partial charge in [0, 0.05) is 16.8 Å². The number of hydrogen-bond acceptors (Lipinski definition) is 1. The molecular formula is C18H16ClN. The second-order valence-corrected chi connectivity index (χ2v) is 5.08. The van der Waals surface area contributed by atoms with Crippen molar-refractivity contribution >= 4 is 17.8 Å². The fraction of sp³-hybridized carbons (Fsp3) is 0.167. The van der Waals surface area contributed by atoms with Crippen LogP contribution in [0.25, 0.3) is 0 Å². The normalized spacial score (nSPS) is 10.3. The average molecular weight is 282 g/mol. The molecule has 2 heteroatoms. The van der Waals surface area contributed by atoms with E-state index in [0.29, 0.717) is 6.54 Å². The van der Waals surface area contributed by atoms with Crippen LogP contribution in [-0.2, 0) is 0 Å². The van der Waals surface area contributed by atoms with Crippen molar-refractivity contribution in [3.8, 4) is 11.8 Å². The lowest BCUT2D eigenvalue weighted by molar-refractivity contribution is 1.30. The highest BCUT2D eigenvalue weighted by molar-refractivity contribution is 6.30. The third-order valence-corrected chi connectivity index (χ3v) is 3.10. The van der Waals surface area contributed by atoms with Gasteiger partial charge in [-0.05, 0) is 43.2 Å². The van der Waals surface area contributed by atoms with Gasteiger partial charge in [0.1, 0.15) is 6.54 Å². The summed E-state index contributed by atoms with van der Waals surface area (Å²) >= 11 is 5.91. The summed E-state index contributed by atoms with van der Waals surface area (Å²) in [5.41, 5.74) is 4.52. The lowest BCUT2D eigenvalue weighted by Crippen LogP contribution is -1.85. The van der Waals surface area contributed by atoms with Crippen LogP contribution in [-0.4, -0.2) is 12.8 Å². The number of nitrogens with zero attached hydrogens (tertiary/aromatic N) is 1. The molecule has 0 aliphatic heterocycles. The predicted octanol–water partition coefficient (Wildman–Crippen LogP) is 4.43. The first-order valence-electron chi connectivity index (χ1n) is 6.47. The highest BCUT2D eigenvalue weighted by Gasteiger charge is 1.93. The minimum atomic E-state index is 0.486. The maximum atomic E-state index is 5.91. The van der Waals surface area contributed by atoms with E-state index in [1.54, 1.807) is 6.21 Å². The lowest BCUT2D eigenvalue weighted by atomic mass is 10.1. The fourth-order valence-electron chi connectivity index (χ4n) is 1.87. The molecule has 0 fully saturated rings. The Morgan fingerprint density at radius 3 is 2.75 bits per heavy atom. The van der Waals surface area contributed by atoms with Crippen molar-refractivity contribution in [2.75, 3.05) is 6.54 Å². The smallest absolute Gasteiger partial charge is 0.100 e. The van der Waals surface area contributed by atoms with E-state index in [-0.39, 0.29) is 0 Å². The van der Waals surface area contributed by atoms with E-state index in [2.05, 4.69) is 48.9 Å². The zero-order valence-electron chi connectivity index (χ0n) is 11.7. The molecule has 0 spiro atoms. The quantitative estimate of drug-likeness (QED) is 0.570. The minimum absolute atomic E-state index is 0.486. The van der Waals surface area contributed by atoms with Crippen LogP contribution in [0.1, 0.15) is 22.3 Å². The Morgan fingerprint density at radius 2 is 2.00 bits per heavy atom. The highest BCUT2D eigenvalue weighted by Crippen LogP contribution is 2.09. The van der Waals surface area contributed by atoms with Gasteiger partial charge in [0.25, 0.3) is 0 Å². The highest BCUT2D eigenvalue weighted by atomic mass is 35.5. The summed E-state index contributed by atoms with van der Waals surface area (Å²) in [5, 5.41) is 0.718. The van der Waals surface area contributed by atoms with Gasteiger partial charge in [-0.1, -0.05) is 53.3 Å². The summed E-state index contributed by atoms with van der Waals surface area (Å²) in [6, 6.07) is 13.9. The number of aliphatic imine (C=N–C) groups is 1. The van der Waals surface area contributed by atoms with Gasteiger partial charge in [-0.2, -0.15) is 0 Å². The monoisotopic (exact) mass is 281 g/mol. The van der Waals surface area contributed by atoms with Crippen molar-refractivity contribution < 1.29 is 0 Å². The summed E-state index contributed by atoms with van der Waals surface area (Å²) in [6.45, 7) is 4.64. The van der Waals surface area contributed by atoms with Gasteiger partial charge in [0.15, 0.2) is 0 Å². The van der Waals surface area contributed by atoms with Gasteiger partial charge in [-0.15, -0.1) is 0 Å². The molecule has 0 amide bonds. The summed E-state index contributed by atoms with van der Waals surface area (Å²) in [4.78, 5) is 4.29. The van der Waals surface area contributed by atoms with E-state index in [9.17, 15) is 0 Å².